The van der Waals surface area contributed by atoms with Gasteiger partial charge in [0.05, 0.1) is 29.9 Å². The molecule has 1 aliphatic heterocycles. The minimum atomic E-state index is -5.06. The van der Waals surface area contributed by atoms with Crippen molar-refractivity contribution in [3.05, 3.63) is 55.6 Å². The number of carbonyl (C=O) groups excluding carboxylic acids is 2. The molecule has 0 radical (unpaired) electrons. The molecule has 0 aliphatic carbocycles. The number of carbonyl (C=O) groups is 2. The van der Waals surface area contributed by atoms with Gasteiger partial charge in [-0.25, -0.2) is 18.5 Å². The van der Waals surface area contributed by atoms with Crippen LogP contribution < -0.4 is 17.0 Å². The van der Waals surface area contributed by atoms with E-state index in [2.05, 4.69) is 4.99 Å². The van der Waals surface area contributed by atoms with E-state index < -0.39 is 93.1 Å². The van der Waals surface area contributed by atoms with Crippen LogP contribution in [0.4, 0.5) is 23.2 Å². The first-order valence-corrected chi connectivity index (χ1v) is 13.6. The van der Waals surface area contributed by atoms with Crippen LogP contribution in [0.25, 0.3) is 5.69 Å². The summed E-state index contributed by atoms with van der Waals surface area (Å²) in [7, 11) is -2.57. The lowest BCUT2D eigenvalue weighted by atomic mass is 10.2. The number of aliphatic imine (C=N–C) groups is 1. The first kappa shape index (κ1) is 30.5. The smallest absolute Gasteiger partial charge is 0.370 e. The fourth-order valence-corrected chi connectivity index (χ4v) is 7.18. The van der Waals surface area contributed by atoms with Crippen LogP contribution in [0.1, 0.15) is 26.0 Å². The van der Waals surface area contributed by atoms with E-state index in [1.54, 1.807) is 0 Å². The Hall–Kier alpha value is -3.02. The molecule has 2 N–H and O–H groups in total. The highest BCUT2D eigenvalue weighted by Gasteiger charge is 2.61. The van der Waals surface area contributed by atoms with Gasteiger partial charge in [-0.05, 0) is 37.7 Å². The third-order valence-electron chi connectivity index (χ3n) is 5.88. The monoisotopic (exact) mass is 614 g/mol. The lowest BCUT2D eigenvalue weighted by Crippen LogP contribution is -2.57. The lowest BCUT2D eigenvalue weighted by molar-refractivity contribution is -0.595. The van der Waals surface area contributed by atoms with Crippen LogP contribution in [0.2, 0.25) is 5.02 Å². The van der Waals surface area contributed by atoms with Gasteiger partial charge in [0.1, 0.15) is 22.0 Å². The van der Waals surface area contributed by atoms with Crippen molar-refractivity contribution in [1.29, 1.82) is 0 Å². The third kappa shape index (κ3) is 5.15. The number of alkyl halides is 3. The highest BCUT2D eigenvalue weighted by Crippen LogP contribution is 2.41. The molecule has 212 valence electrons. The Labute approximate surface area is 227 Å². The molecule has 2 amide bonds. The quantitative estimate of drug-likeness (QED) is 0.386. The first-order chi connectivity index (χ1) is 17.7. The van der Waals surface area contributed by atoms with Crippen molar-refractivity contribution in [2.45, 2.75) is 36.9 Å². The molecule has 18 heteroatoms. The van der Waals surface area contributed by atoms with Crippen molar-refractivity contribution in [2.24, 2.45) is 17.8 Å². The predicted octanol–water partition coefficient (Wildman–Crippen LogP) is 2.04. The van der Waals surface area contributed by atoms with E-state index in [0.717, 1.165) is 20.2 Å². The van der Waals surface area contributed by atoms with Gasteiger partial charge in [-0.2, -0.15) is 26.6 Å². The van der Waals surface area contributed by atoms with E-state index >= 15 is 0 Å². The van der Waals surface area contributed by atoms with Gasteiger partial charge in [0.2, 0.25) is 5.91 Å². The highest BCUT2D eigenvalue weighted by atomic mass is 35.5. The second kappa shape index (κ2) is 10.2. The fraction of sp³-hybridized carbons (Fsp3) is 0.381. The number of primary amides is 1. The molecule has 0 saturated carbocycles. The number of aromatic nitrogens is 2. The Kier molecular flexibility index (Phi) is 7.97. The summed E-state index contributed by atoms with van der Waals surface area (Å²) in [5.41, 5.74) is -0.676. The maximum atomic E-state index is 14.9. The summed E-state index contributed by atoms with van der Waals surface area (Å²) in [6.07, 6.45) is -5.58. The van der Waals surface area contributed by atoms with Crippen LogP contribution in [-0.4, -0.2) is 56.0 Å². The Bertz CT molecular complexity index is 1650. The zero-order valence-electron chi connectivity index (χ0n) is 20.6. The molecule has 0 spiro atoms. The van der Waals surface area contributed by atoms with Crippen molar-refractivity contribution in [1.82, 2.24) is 9.13 Å². The molecule has 1 aromatic heterocycles. The number of benzene rings is 1. The first-order valence-electron chi connectivity index (χ1n) is 10.8. The molecular weight excluding hydrogens is 594 g/mol. The average molecular weight is 615 g/mol. The lowest BCUT2D eigenvalue weighted by Gasteiger charge is -2.26. The minimum Gasteiger partial charge on any atom is -0.370 e. The molecule has 11 nitrogen and oxygen atoms in total. The molecule has 2 aromatic rings. The third-order valence-corrected chi connectivity index (χ3v) is 10.2. The molecule has 3 rings (SSSR count). The van der Waals surface area contributed by atoms with Gasteiger partial charge in [-0.1, -0.05) is 11.6 Å². The molecule has 2 heterocycles. The fourth-order valence-electron chi connectivity index (χ4n) is 3.74. The van der Waals surface area contributed by atoms with Crippen LogP contribution in [-0.2, 0) is 32.8 Å². The zero-order valence-corrected chi connectivity index (χ0v) is 23.0. The number of quaternary nitrogens is 1. The molecule has 1 aromatic carbocycles. The summed E-state index contributed by atoms with van der Waals surface area (Å²) < 4.78 is 79.8. The summed E-state index contributed by atoms with van der Waals surface area (Å²) in [6.45, 7) is 2.62. The molecule has 2 unspecified atom stereocenters. The molecule has 1 saturated heterocycles. The zero-order chi connectivity index (χ0) is 29.8. The van der Waals surface area contributed by atoms with Crippen molar-refractivity contribution >= 4 is 56.1 Å². The number of thioether (sulfide) groups is 1. The average Bonchev–Trinajstić information content (AvgIpc) is 3.03. The second-order valence-corrected chi connectivity index (χ2v) is 13.1. The Morgan fingerprint density at radius 3 is 2.33 bits per heavy atom. The molecule has 1 aliphatic rings. The maximum Gasteiger partial charge on any atom is 0.431 e. The molecule has 0 bridgehead atoms. The summed E-state index contributed by atoms with van der Waals surface area (Å²) in [4.78, 5) is 54.0. The van der Waals surface area contributed by atoms with Crippen LogP contribution in [0.15, 0.2) is 32.8 Å². The largest absolute Gasteiger partial charge is 0.431 e. The van der Waals surface area contributed by atoms with Crippen LogP contribution in [0, 0.1) is 5.82 Å². The van der Waals surface area contributed by atoms with Crippen LogP contribution in [0.5, 0.6) is 0 Å². The minimum absolute atomic E-state index is 0.101. The SMILES string of the molecule is CC(C)S(=O)(=O)[N+]1(C)C(=O)C(CC(N)=O)SC1=Nc1cc(-n2c(=O)cc(C(F)(F)F)n(C)c2=O)c(F)cc1Cl. The number of amides is 2. The second-order valence-electron chi connectivity index (χ2n) is 8.80. The topological polar surface area (TPSA) is 151 Å². The van der Waals surface area contributed by atoms with Gasteiger partial charge in [0, 0.05) is 13.1 Å². The van der Waals surface area contributed by atoms with Gasteiger partial charge in [-0.3, -0.25) is 14.2 Å². The van der Waals surface area contributed by atoms with Gasteiger partial charge in [0.15, 0.2) is 0 Å². The van der Waals surface area contributed by atoms with E-state index in [9.17, 15) is 45.2 Å². The maximum absolute atomic E-state index is 14.9. The van der Waals surface area contributed by atoms with Gasteiger partial charge in [-0.15, -0.1) is 3.89 Å². The van der Waals surface area contributed by atoms with Crippen LogP contribution >= 0.6 is 23.4 Å². The molecule has 2 atom stereocenters. The van der Waals surface area contributed by atoms with Crippen LogP contribution in [0.3, 0.4) is 0 Å². The number of hydrogen-bond donors (Lipinski definition) is 1. The number of rotatable bonds is 6. The number of halogens is 5. The predicted molar refractivity (Wildman–Crippen MR) is 135 cm³/mol. The van der Waals surface area contributed by atoms with E-state index in [1.807, 2.05) is 0 Å². The number of sulfonamides is 1. The standard InChI is InChI=1S/C21H20ClF4N5O6S2/c1-9(2)39(36,37)31(4)18(34)14(7-16(27)32)38-19(31)28-12-6-13(11(23)5-10(12)22)30-17(33)8-15(21(24,25)26)29(3)20(30)35/h5-6,8-9,14H,7H2,1-4H3,(H-,27,32)/p+1. The van der Waals surface area contributed by atoms with Gasteiger partial charge in [0.25, 0.3) is 10.7 Å². The Balaban J connectivity index is 2.31. The number of nitrogens with two attached hydrogens (primary N) is 1. The van der Waals surface area contributed by atoms with Crippen molar-refractivity contribution in [2.75, 3.05) is 7.05 Å². The van der Waals surface area contributed by atoms with E-state index in [0.29, 0.717) is 17.8 Å². The van der Waals surface area contributed by atoms with Crippen molar-refractivity contribution in [3.63, 3.8) is 0 Å². The number of nitrogens with zero attached hydrogens (tertiary/aromatic N) is 4. The van der Waals surface area contributed by atoms with E-state index in [4.69, 9.17) is 17.3 Å². The summed E-state index contributed by atoms with van der Waals surface area (Å²) in [6, 6.07) is 1.47. The summed E-state index contributed by atoms with van der Waals surface area (Å²) >= 11 is 6.70. The molecule has 1 fully saturated rings. The van der Waals surface area contributed by atoms with Crippen molar-refractivity contribution < 1.29 is 39.5 Å². The molecular formula is C21H21ClF4N5O6S2+. The highest BCUT2D eigenvalue weighted by molar-refractivity contribution is 8.16. The molecule has 39 heavy (non-hydrogen) atoms. The Morgan fingerprint density at radius 1 is 1.23 bits per heavy atom. The summed E-state index contributed by atoms with van der Waals surface area (Å²) in [5.74, 6) is -3.11. The van der Waals surface area contributed by atoms with Crippen molar-refractivity contribution in [3.8, 4) is 5.69 Å². The van der Waals surface area contributed by atoms with E-state index in [1.165, 1.54) is 13.8 Å². The van der Waals surface area contributed by atoms with E-state index in [-0.39, 0.29) is 15.2 Å². The number of amidine groups is 1. The summed E-state index contributed by atoms with van der Waals surface area (Å²) in [5, 5.41) is -3.19. The number of hydrogen-bond acceptors (Lipinski definition) is 8. The van der Waals surface area contributed by atoms with Gasteiger partial charge < -0.3 is 5.73 Å². The Morgan fingerprint density at radius 2 is 1.82 bits per heavy atom. The normalized spacial score (nSPS) is 21.2. The van der Waals surface area contributed by atoms with Gasteiger partial charge >= 0.3 is 27.8 Å².